The lowest BCUT2D eigenvalue weighted by Gasteiger charge is -2.38. The molecule has 6 nitrogen and oxygen atoms in total. The molecule has 0 aromatic heterocycles. The standard InChI is InChI=1S/C41H62N2O4/c1-38(2,3)32-14-26(15-33(39(4,5)6)36(32)42(18-28-22-44-28)19-29-23-45-29)13-27-16-34(40(7,8)9)37(35(17-27)41(10,11)12)43(20-30-24-46-30)21-31-25-47-31/h14-17,28-31H,13,18-25H2,1-12H3. The van der Waals surface area contributed by atoms with Crippen LogP contribution < -0.4 is 9.80 Å². The normalized spacial score (nSPS) is 23.9. The first-order valence-electron chi connectivity index (χ1n) is 18.1. The molecular formula is C41H62N2O4. The van der Waals surface area contributed by atoms with Gasteiger partial charge in [-0.25, -0.2) is 0 Å². The second-order valence-electron chi connectivity index (χ2n) is 18.9. The Morgan fingerprint density at radius 3 is 0.830 bits per heavy atom. The van der Waals surface area contributed by atoms with Crippen molar-refractivity contribution in [1.29, 1.82) is 0 Å². The molecule has 4 saturated heterocycles. The van der Waals surface area contributed by atoms with Crippen LogP contribution in [0.3, 0.4) is 0 Å². The molecule has 4 unspecified atom stereocenters. The summed E-state index contributed by atoms with van der Waals surface area (Å²) in [7, 11) is 0. The topological polar surface area (TPSA) is 56.6 Å². The molecule has 47 heavy (non-hydrogen) atoms. The zero-order chi connectivity index (χ0) is 34.1. The van der Waals surface area contributed by atoms with Gasteiger partial charge < -0.3 is 28.7 Å². The molecular weight excluding hydrogens is 584 g/mol. The first kappa shape index (κ1) is 34.7. The lowest BCUT2D eigenvalue weighted by molar-refractivity contribution is 0.387. The van der Waals surface area contributed by atoms with E-state index >= 15 is 0 Å². The molecule has 0 aliphatic carbocycles. The van der Waals surface area contributed by atoms with Crippen LogP contribution in [0.5, 0.6) is 0 Å². The Labute approximate surface area is 285 Å². The average Bonchev–Trinajstić information content (AvgIpc) is 3.76. The fourth-order valence-electron chi connectivity index (χ4n) is 6.99. The fourth-order valence-corrected chi connectivity index (χ4v) is 6.99. The summed E-state index contributed by atoms with van der Waals surface area (Å²) in [5.74, 6) is 0. The molecule has 2 aromatic carbocycles. The van der Waals surface area contributed by atoms with Gasteiger partial charge in [0.1, 0.15) is 0 Å². The molecule has 4 fully saturated rings. The van der Waals surface area contributed by atoms with Crippen LogP contribution in [0.15, 0.2) is 24.3 Å². The van der Waals surface area contributed by atoms with Crippen molar-refractivity contribution < 1.29 is 18.9 Å². The molecule has 0 amide bonds. The van der Waals surface area contributed by atoms with Gasteiger partial charge in [-0.15, -0.1) is 0 Å². The monoisotopic (exact) mass is 646 g/mol. The predicted octanol–water partition coefficient (Wildman–Crippen LogP) is 7.68. The molecule has 4 atom stereocenters. The number of benzene rings is 2. The van der Waals surface area contributed by atoms with Gasteiger partial charge in [0.2, 0.25) is 0 Å². The Hall–Kier alpha value is -2.12. The van der Waals surface area contributed by atoms with Crippen molar-refractivity contribution in [3.63, 3.8) is 0 Å². The number of anilines is 2. The van der Waals surface area contributed by atoms with E-state index in [0.717, 1.165) is 59.0 Å². The molecule has 6 heteroatoms. The van der Waals surface area contributed by atoms with Crippen LogP contribution >= 0.6 is 0 Å². The van der Waals surface area contributed by atoms with Crippen molar-refractivity contribution in [2.75, 3.05) is 62.4 Å². The highest BCUT2D eigenvalue weighted by atomic mass is 16.6. The van der Waals surface area contributed by atoms with Crippen LogP contribution in [0.2, 0.25) is 0 Å². The second-order valence-corrected chi connectivity index (χ2v) is 18.9. The van der Waals surface area contributed by atoms with Gasteiger partial charge in [0, 0.05) is 37.6 Å². The van der Waals surface area contributed by atoms with E-state index < -0.39 is 0 Å². The Morgan fingerprint density at radius 1 is 0.447 bits per heavy atom. The highest BCUT2D eigenvalue weighted by Gasteiger charge is 2.38. The molecule has 6 rings (SSSR count). The van der Waals surface area contributed by atoms with E-state index in [1.165, 1.54) is 44.8 Å². The fraction of sp³-hybridized carbons (Fsp3) is 0.707. The van der Waals surface area contributed by atoms with Gasteiger partial charge in [0.25, 0.3) is 0 Å². The number of nitrogens with zero attached hydrogens (tertiary/aromatic N) is 2. The zero-order valence-electron chi connectivity index (χ0n) is 31.5. The van der Waals surface area contributed by atoms with E-state index in [1.54, 1.807) is 0 Å². The van der Waals surface area contributed by atoms with E-state index in [4.69, 9.17) is 18.9 Å². The van der Waals surface area contributed by atoms with Crippen molar-refractivity contribution >= 4 is 11.4 Å². The summed E-state index contributed by atoms with van der Waals surface area (Å²) in [6.07, 6.45) is 2.16. The molecule has 260 valence electrons. The SMILES string of the molecule is CC(C)(C)c1cc(Cc2cc(C(C)(C)C)c(N(CC3CO3)CC3CO3)c(C(C)(C)C)c2)cc(C(C)(C)C)c1N(CC1CO1)CC1CO1. The Morgan fingerprint density at radius 2 is 0.660 bits per heavy atom. The molecule has 4 aliphatic rings. The van der Waals surface area contributed by atoms with Gasteiger partial charge in [0.15, 0.2) is 0 Å². The van der Waals surface area contributed by atoms with Crippen molar-refractivity contribution in [3.8, 4) is 0 Å². The molecule has 0 bridgehead atoms. The quantitative estimate of drug-likeness (QED) is 0.221. The minimum Gasteiger partial charge on any atom is -0.371 e. The third-order valence-electron chi connectivity index (χ3n) is 9.92. The molecule has 0 spiro atoms. The molecule has 2 aromatic rings. The van der Waals surface area contributed by atoms with E-state index in [-0.39, 0.29) is 21.7 Å². The molecule has 0 radical (unpaired) electrons. The van der Waals surface area contributed by atoms with Crippen LogP contribution in [0, 0.1) is 0 Å². The number of hydrogen-bond donors (Lipinski definition) is 0. The largest absolute Gasteiger partial charge is 0.371 e. The van der Waals surface area contributed by atoms with Gasteiger partial charge in [0.05, 0.1) is 50.8 Å². The van der Waals surface area contributed by atoms with E-state index in [9.17, 15) is 0 Å². The summed E-state index contributed by atoms with van der Waals surface area (Å²) in [4.78, 5) is 5.18. The zero-order valence-corrected chi connectivity index (χ0v) is 31.5. The smallest absolute Gasteiger partial charge is 0.0984 e. The van der Waals surface area contributed by atoms with E-state index in [0.29, 0.717) is 24.4 Å². The number of epoxide rings is 4. The van der Waals surface area contributed by atoms with Crippen LogP contribution in [-0.2, 0) is 47.0 Å². The molecule has 0 saturated carbocycles. The average molecular weight is 647 g/mol. The van der Waals surface area contributed by atoms with Crippen molar-refractivity contribution in [2.24, 2.45) is 0 Å². The Kier molecular flexibility index (Phi) is 9.11. The van der Waals surface area contributed by atoms with Gasteiger partial charge >= 0.3 is 0 Å². The highest BCUT2D eigenvalue weighted by Crippen LogP contribution is 2.45. The van der Waals surface area contributed by atoms with Gasteiger partial charge in [-0.2, -0.15) is 0 Å². The number of rotatable bonds is 12. The van der Waals surface area contributed by atoms with Crippen molar-refractivity contribution in [1.82, 2.24) is 0 Å². The Balaban J connectivity index is 1.47. The molecule has 4 heterocycles. The summed E-state index contributed by atoms with van der Waals surface area (Å²) in [6.45, 7) is 35.5. The van der Waals surface area contributed by atoms with Gasteiger partial charge in [-0.05, 0) is 61.5 Å². The van der Waals surface area contributed by atoms with Crippen molar-refractivity contribution in [3.05, 3.63) is 57.6 Å². The maximum atomic E-state index is 5.77. The summed E-state index contributed by atoms with van der Waals surface area (Å²) >= 11 is 0. The summed E-state index contributed by atoms with van der Waals surface area (Å²) in [5.41, 5.74) is 11.1. The van der Waals surface area contributed by atoms with Gasteiger partial charge in [-0.3, -0.25) is 0 Å². The van der Waals surface area contributed by atoms with Crippen LogP contribution in [0.1, 0.15) is 116 Å². The van der Waals surface area contributed by atoms with Crippen LogP contribution in [0.4, 0.5) is 11.4 Å². The third kappa shape index (κ3) is 8.73. The summed E-state index contributed by atoms with van der Waals surface area (Å²) in [5, 5.41) is 0. The first-order valence-corrected chi connectivity index (χ1v) is 18.1. The van der Waals surface area contributed by atoms with E-state index in [1.807, 2.05) is 0 Å². The van der Waals surface area contributed by atoms with Crippen LogP contribution in [0.25, 0.3) is 0 Å². The molecule has 0 N–H and O–H groups in total. The number of ether oxygens (including phenoxy) is 4. The third-order valence-corrected chi connectivity index (χ3v) is 9.92. The summed E-state index contributed by atoms with van der Waals surface area (Å²) in [6, 6.07) is 10.1. The molecule has 4 aliphatic heterocycles. The minimum atomic E-state index is -0.0222. The maximum absolute atomic E-state index is 5.77. The summed E-state index contributed by atoms with van der Waals surface area (Å²) < 4.78 is 23.1. The minimum absolute atomic E-state index is 0.0222. The Bertz CT molecular complexity index is 1230. The predicted molar refractivity (Wildman–Crippen MR) is 194 cm³/mol. The second kappa shape index (κ2) is 12.3. The number of hydrogen-bond acceptors (Lipinski definition) is 6. The van der Waals surface area contributed by atoms with Crippen molar-refractivity contribution in [2.45, 2.75) is 136 Å². The first-order chi connectivity index (χ1) is 21.8. The van der Waals surface area contributed by atoms with Crippen LogP contribution in [-0.4, -0.2) is 77.0 Å². The lowest BCUT2D eigenvalue weighted by atomic mass is 9.75. The lowest BCUT2D eigenvalue weighted by Crippen LogP contribution is -2.36. The maximum Gasteiger partial charge on any atom is 0.0984 e. The van der Waals surface area contributed by atoms with Gasteiger partial charge in [-0.1, -0.05) is 107 Å². The highest BCUT2D eigenvalue weighted by molar-refractivity contribution is 5.68. The van der Waals surface area contributed by atoms with E-state index in [2.05, 4.69) is 117 Å².